The SMILES string of the molecule is O=C1Nc2ccccc2C1C1CCN(C(=O)c2ccc3c(c2)SC2=NS(=O)(=O)CCN23)CC1. The Morgan fingerprint density at radius 1 is 1.09 bits per heavy atom. The normalized spacial score (nSPS) is 23.5. The van der Waals surface area contributed by atoms with Gasteiger partial charge in [0.15, 0.2) is 5.17 Å². The van der Waals surface area contributed by atoms with Gasteiger partial charge in [-0.25, -0.2) is 8.42 Å². The summed E-state index contributed by atoms with van der Waals surface area (Å²) in [5.74, 6) is 0.0781. The maximum absolute atomic E-state index is 13.2. The number of hydrogen-bond acceptors (Lipinski definition) is 6. The van der Waals surface area contributed by atoms with Gasteiger partial charge in [0, 0.05) is 35.8 Å². The lowest BCUT2D eigenvalue weighted by molar-refractivity contribution is -0.118. The maximum Gasteiger partial charge on any atom is 0.257 e. The zero-order chi connectivity index (χ0) is 22.7. The third-order valence-corrected chi connectivity index (χ3v) is 9.16. The molecule has 4 heterocycles. The number of piperidine rings is 1. The number of benzene rings is 2. The molecule has 6 rings (SSSR count). The van der Waals surface area contributed by atoms with Crippen LogP contribution in [0.2, 0.25) is 0 Å². The van der Waals surface area contributed by atoms with Crippen LogP contribution in [0, 0.1) is 5.92 Å². The fraction of sp³-hybridized carbons (Fsp3) is 0.348. The van der Waals surface area contributed by atoms with Crippen molar-refractivity contribution in [3.63, 3.8) is 0 Å². The van der Waals surface area contributed by atoms with Crippen molar-refractivity contribution in [1.82, 2.24) is 4.90 Å². The number of amides is 2. The average molecular weight is 483 g/mol. The number of sulfonamides is 1. The maximum atomic E-state index is 13.2. The van der Waals surface area contributed by atoms with Crippen molar-refractivity contribution in [2.75, 3.05) is 35.6 Å². The zero-order valence-corrected chi connectivity index (χ0v) is 19.4. The lowest BCUT2D eigenvalue weighted by Crippen LogP contribution is -2.40. The minimum absolute atomic E-state index is 0.00435. The summed E-state index contributed by atoms with van der Waals surface area (Å²) in [4.78, 5) is 30.4. The Kier molecular flexibility index (Phi) is 4.77. The van der Waals surface area contributed by atoms with E-state index < -0.39 is 10.0 Å². The van der Waals surface area contributed by atoms with Crippen molar-refractivity contribution < 1.29 is 18.0 Å². The summed E-state index contributed by atoms with van der Waals surface area (Å²) in [6, 6.07) is 13.4. The van der Waals surface area contributed by atoms with Crippen LogP contribution in [0.3, 0.4) is 0 Å². The monoisotopic (exact) mass is 482 g/mol. The predicted molar refractivity (Wildman–Crippen MR) is 127 cm³/mol. The van der Waals surface area contributed by atoms with Crippen molar-refractivity contribution in [3.05, 3.63) is 53.6 Å². The lowest BCUT2D eigenvalue weighted by Gasteiger charge is -2.34. The third-order valence-electron chi connectivity index (χ3n) is 6.85. The first kappa shape index (κ1) is 20.7. The summed E-state index contributed by atoms with van der Waals surface area (Å²) >= 11 is 1.29. The number of rotatable bonds is 2. The number of para-hydroxylation sites is 1. The van der Waals surface area contributed by atoms with Crippen molar-refractivity contribution >= 4 is 50.1 Å². The summed E-state index contributed by atoms with van der Waals surface area (Å²) in [7, 11) is -3.41. The number of nitrogens with one attached hydrogen (secondary N) is 1. The Morgan fingerprint density at radius 2 is 1.88 bits per heavy atom. The number of carbonyl (C=O) groups excluding carboxylic acids is 2. The molecule has 33 heavy (non-hydrogen) atoms. The molecule has 4 aliphatic heterocycles. The molecule has 1 N–H and O–H groups in total. The van der Waals surface area contributed by atoms with Gasteiger partial charge in [0.1, 0.15) is 0 Å². The average Bonchev–Trinajstić information content (AvgIpc) is 3.33. The van der Waals surface area contributed by atoms with E-state index in [1.807, 2.05) is 46.2 Å². The molecule has 1 fully saturated rings. The molecule has 2 aromatic carbocycles. The van der Waals surface area contributed by atoms with Crippen LogP contribution in [0.25, 0.3) is 0 Å². The molecule has 2 amide bonds. The Morgan fingerprint density at radius 3 is 2.70 bits per heavy atom. The highest BCUT2D eigenvalue weighted by molar-refractivity contribution is 8.15. The van der Waals surface area contributed by atoms with E-state index >= 15 is 0 Å². The largest absolute Gasteiger partial charge is 0.339 e. The van der Waals surface area contributed by atoms with Gasteiger partial charge in [0.05, 0.1) is 17.4 Å². The molecule has 0 saturated carbocycles. The summed E-state index contributed by atoms with van der Waals surface area (Å²) in [6.45, 7) is 1.59. The Balaban J connectivity index is 1.16. The second-order valence-corrected chi connectivity index (χ2v) is 11.5. The first-order valence-corrected chi connectivity index (χ1v) is 13.4. The van der Waals surface area contributed by atoms with E-state index in [0.29, 0.717) is 30.4 Å². The van der Waals surface area contributed by atoms with Crippen LogP contribution >= 0.6 is 11.8 Å². The van der Waals surface area contributed by atoms with Crippen molar-refractivity contribution in [2.24, 2.45) is 10.3 Å². The number of thioether (sulfide) groups is 1. The fourth-order valence-electron chi connectivity index (χ4n) is 5.18. The van der Waals surface area contributed by atoms with E-state index in [4.69, 9.17) is 0 Å². The van der Waals surface area contributed by atoms with E-state index in [0.717, 1.165) is 34.7 Å². The minimum Gasteiger partial charge on any atom is -0.339 e. The van der Waals surface area contributed by atoms with Crippen molar-refractivity contribution in [2.45, 2.75) is 23.7 Å². The molecule has 1 saturated heterocycles. The molecule has 0 bridgehead atoms. The number of nitrogens with zero attached hydrogens (tertiary/aromatic N) is 3. The van der Waals surface area contributed by atoms with Crippen LogP contribution < -0.4 is 10.2 Å². The van der Waals surface area contributed by atoms with E-state index in [1.54, 1.807) is 6.07 Å². The molecule has 4 aliphatic rings. The third kappa shape index (κ3) is 3.52. The van der Waals surface area contributed by atoms with Gasteiger partial charge in [-0.1, -0.05) is 18.2 Å². The highest BCUT2D eigenvalue weighted by Crippen LogP contribution is 2.43. The Bertz CT molecular complexity index is 1320. The molecule has 170 valence electrons. The van der Waals surface area contributed by atoms with Crippen LogP contribution in [-0.4, -0.2) is 55.7 Å². The molecular formula is C23H22N4O4S2. The van der Waals surface area contributed by atoms with Crippen LogP contribution in [0.1, 0.15) is 34.7 Å². The second kappa shape index (κ2) is 7.59. The smallest absolute Gasteiger partial charge is 0.257 e. The van der Waals surface area contributed by atoms with E-state index in [9.17, 15) is 18.0 Å². The molecule has 10 heteroatoms. The fourth-order valence-corrected chi connectivity index (χ4v) is 7.48. The van der Waals surface area contributed by atoms with Gasteiger partial charge < -0.3 is 15.1 Å². The topological polar surface area (TPSA) is 99.1 Å². The quantitative estimate of drug-likeness (QED) is 0.707. The van der Waals surface area contributed by atoms with Gasteiger partial charge in [-0.05, 0) is 60.4 Å². The molecule has 0 radical (unpaired) electrons. The van der Waals surface area contributed by atoms with E-state index in [-0.39, 0.29) is 29.4 Å². The molecule has 0 spiro atoms. The van der Waals surface area contributed by atoms with Gasteiger partial charge in [-0.15, -0.1) is 4.40 Å². The molecule has 1 atom stereocenters. The van der Waals surface area contributed by atoms with Crippen molar-refractivity contribution in [3.8, 4) is 0 Å². The molecule has 0 aliphatic carbocycles. The van der Waals surface area contributed by atoms with Gasteiger partial charge in [0.25, 0.3) is 15.9 Å². The van der Waals surface area contributed by atoms with E-state index in [1.165, 1.54) is 11.8 Å². The zero-order valence-electron chi connectivity index (χ0n) is 17.7. The highest BCUT2D eigenvalue weighted by atomic mass is 32.2. The van der Waals surface area contributed by atoms with Crippen LogP contribution in [0.15, 0.2) is 51.8 Å². The number of anilines is 2. The number of carbonyl (C=O) groups is 2. The summed E-state index contributed by atoms with van der Waals surface area (Å²) in [5.41, 5.74) is 3.45. The number of likely N-dealkylation sites (tertiary alicyclic amines) is 1. The molecule has 2 aromatic rings. The Hall–Kier alpha value is -2.85. The lowest BCUT2D eigenvalue weighted by atomic mass is 9.80. The number of fused-ring (bicyclic) bond motifs is 4. The predicted octanol–water partition coefficient (Wildman–Crippen LogP) is 2.89. The molecule has 1 unspecified atom stereocenters. The molecule has 8 nitrogen and oxygen atoms in total. The second-order valence-electron chi connectivity index (χ2n) is 8.78. The minimum atomic E-state index is -3.41. The highest BCUT2D eigenvalue weighted by Gasteiger charge is 2.39. The molecule has 0 aromatic heterocycles. The number of amidine groups is 1. The summed E-state index contributed by atoms with van der Waals surface area (Å²) in [5, 5.41) is 3.44. The van der Waals surface area contributed by atoms with Crippen LogP contribution in [-0.2, 0) is 14.8 Å². The van der Waals surface area contributed by atoms with Crippen molar-refractivity contribution in [1.29, 1.82) is 0 Å². The number of hydrogen-bond donors (Lipinski definition) is 1. The van der Waals surface area contributed by atoms with Gasteiger partial charge in [-0.2, -0.15) is 0 Å². The van der Waals surface area contributed by atoms with E-state index in [2.05, 4.69) is 9.71 Å². The van der Waals surface area contributed by atoms with Gasteiger partial charge in [0.2, 0.25) is 5.91 Å². The molecular weight excluding hydrogens is 460 g/mol. The summed E-state index contributed by atoms with van der Waals surface area (Å²) < 4.78 is 27.5. The van der Waals surface area contributed by atoms with Crippen LogP contribution in [0.4, 0.5) is 11.4 Å². The van der Waals surface area contributed by atoms with Crippen LogP contribution in [0.5, 0.6) is 0 Å². The summed E-state index contributed by atoms with van der Waals surface area (Å²) in [6.07, 6.45) is 1.56. The van der Waals surface area contributed by atoms with Gasteiger partial charge in [-0.3, -0.25) is 9.59 Å². The standard InChI is InChI=1S/C23H22N4O4S2/c28-21-20(16-3-1-2-4-17(16)24-21)14-7-9-26(10-8-14)22(29)15-5-6-18-19(13-15)32-23-25-33(30,31)12-11-27(18)23/h1-6,13-14,20H,7-12H2,(H,24,28). The first-order valence-electron chi connectivity index (χ1n) is 11.0. The van der Waals surface area contributed by atoms with Gasteiger partial charge >= 0.3 is 0 Å². The first-order chi connectivity index (χ1) is 15.9. The Labute approximate surface area is 196 Å².